The number of nitrogens with zero attached hydrogens (tertiary/aromatic N) is 4. The van der Waals surface area contributed by atoms with Crippen LogP contribution in [0, 0.1) is 5.82 Å². The number of hydrogen-bond donors (Lipinski definition) is 1. The van der Waals surface area contributed by atoms with Crippen molar-refractivity contribution in [2.45, 2.75) is 0 Å². The molecule has 7 nitrogen and oxygen atoms in total. The van der Waals surface area contributed by atoms with E-state index in [9.17, 15) is 14.0 Å². The first-order valence-electron chi connectivity index (χ1n) is 7.49. The van der Waals surface area contributed by atoms with E-state index in [4.69, 9.17) is 0 Å². The van der Waals surface area contributed by atoms with Crippen molar-refractivity contribution in [2.75, 3.05) is 31.5 Å². The Morgan fingerprint density at radius 1 is 1.08 bits per heavy atom. The second-order valence-corrected chi connectivity index (χ2v) is 5.35. The molecule has 1 aromatic carbocycles. The van der Waals surface area contributed by atoms with E-state index in [-0.39, 0.29) is 17.4 Å². The molecule has 1 aromatic heterocycles. The molecule has 1 fully saturated rings. The highest BCUT2D eigenvalue weighted by Crippen LogP contribution is 2.14. The van der Waals surface area contributed by atoms with Crippen molar-refractivity contribution in [3.63, 3.8) is 0 Å². The molecule has 2 aromatic rings. The zero-order valence-corrected chi connectivity index (χ0v) is 12.9. The van der Waals surface area contributed by atoms with Crippen molar-refractivity contribution in [3.05, 3.63) is 48.2 Å². The van der Waals surface area contributed by atoms with Gasteiger partial charge in [0.1, 0.15) is 17.3 Å². The van der Waals surface area contributed by atoms with Gasteiger partial charge in [0.2, 0.25) is 6.41 Å². The van der Waals surface area contributed by atoms with Crippen LogP contribution in [-0.2, 0) is 4.79 Å². The van der Waals surface area contributed by atoms with E-state index in [2.05, 4.69) is 15.3 Å². The Balaban J connectivity index is 1.62. The predicted molar refractivity (Wildman–Crippen MR) is 85.3 cm³/mol. The second-order valence-electron chi connectivity index (χ2n) is 5.35. The van der Waals surface area contributed by atoms with E-state index in [0.717, 1.165) is 6.41 Å². The zero-order chi connectivity index (χ0) is 16.9. The minimum Gasteiger partial charge on any atom is -0.342 e. The van der Waals surface area contributed by atoms with Crippen LogP contribution in [0.15, 0.2) is 36.7 Å². The van der Waals surface area contributed by atoms with Crippen LogP contribution >= 0.6 is 0 Å². The molecule has 1 N–H and O–H groups in total. The third kappa shape index (κ3) is 3.65. The lowest BCUT2D eigenvalue weighted by molar-refractivity contribution is -0.119. The van der Waals surface area contributed by atoms with Gasteiger partial charge in [-0.05, 0) is 24.3 Å². The molecule has 1 aliphatic rings. The van der Waals surface area contributed by atoms with E-state index < -0.39 is 0 Å². The van der Waals surface area contributed by atoms with Crippen LogP contribution in [0.5, 0.6) is 0 Å². The third-order valence-electron chi connectivity index (χ3n) is 3.74. The summed E-state index contributed by atoms with van der Waals surface area (Å²) in [5.74, 6) is -0.0624. The second kappa shape index (κ2) is 7.03. The number of benzene rings is 1. The molecule has 0 atom stereocenters. The van der Waals surface area contributed by atoms with Crippen molar-refractivity contribution in [1.82, 2.24) is 19.8 Å². The number of amides is 2. The molecular formula is C16H16FN5O2. The SMILES string of the molecule is O=CN1CCN(C(=O)c2cnc(Nc3ccc(F)cc3)cn2)CC1. The molecule has 0 bridgehead atoms. The fourth-order valence-corrected chi connectivity index (χ4v) is 2.38. The van der Waals surface area contributed by atoms with Gasteiger partial charge in [-0.25, -0.2) is 14.4 Å². The van der Waals surface area contributed by atoms with Crippen molar-refractivity contribution in [1.29, 1.82) is 0 Å². The highest BCUT2D eigenvalue weighted by molar-refractivity contribution is 5.92. The molecule has 24 heavy (non-hydrogen) atoms. The molecule has 0 saturated carbocycles. The normalized spacial score (nSPS) is 14.4. The lowest BCUT2D eigenvalue weighted by Gasteiger charge is -2.32. The number of anilines is 2. The molecule has 2 amide bonds. The summed E-state index contributed by atoms with van der Waals surface area (Å²) in [6, 6.07) is 5.85. The standard InChI is InChI=1S/C16H16FN5O2/c17-12-1-3-13(4-2-12)20-15-10-18-14(9-19-15)16(24)22-7-5-21(11-23)6-8-22/h1-4,9-11H,5-8H2,(H,19,20). The first-order valence-corrected chi connectivity index (χ1v) is 7.49. The number of halogens is 1. The summed E-state index contributed by atoms with van der Waals surface area (Å²) in [6.07, 6.45) is 3.65. The first kappa shape index (κ1) is 15.9. The molecular weight excluding hydrogens is 313 g/mol. The number of nitrogens with one attached hydrogen (secondary N) is 1. The quantitative estimate of drug-likeness (QED) is 0.855. The van der Waals surface area contributed by atoms with Gasteiger partial charge in [-0.3, -0.25) is 9.59 Å². The average molecular weight is 329 g/mol. The highest BCUT2D eigenvalue weighted by Gasteiger charge is 2.22. The van der Waals surface area contributed by atoms with E-state index in [0.29, 0.717) is 37.7 Å². The summed E-state index contributed by atoms with van der Waals surface area (Å²) in [7, 11) is 0. The zero-order valence-electron chi connectivity index (χ0n) is 12.9. The smallest absolute Gasteiger partial charge is 0.274 e. The van der Waals surface area contributed by atoms with Crippen LogP contribution in [0.25, 0.3) is 0 Å². The Bertz CT molecular complexity index is 712. The van der Waals surface area contributed by atoms with Gasteiger partial charge in [-0.15, -0.1) is 0 Å². The fourth-order valence-electron chi connectivity index (χ4n) is 2.38. The van der Waals surface area contributed by atoms with Gasteiger partial charge in [0, 0.05) is 31.9 Å². The number of piperazine rings is 1. The van der Waals surface area contributed by atoms with Gasteiger partial charge >= 0.3 is 0 Å². The Morgan fingerprint density at radius 2 is 1.79 bits per heavy atom. The van der Waals surface area contributed by atoms with Gasteiger partial charge in [0.25, 0.3) is 5.91 Å². The van der Waals surface area contributed by atoms with E-state index >= 15 is 0 Å². The van der Waals surface area contributed by atoms with Crippen molar-refractivity contribution < 1.29 is 14.0 Å². The molecule has 8 heteroatoms. The van der Waals surface area contributed by atoms with Crippen molar-refractivity contribution in [3.8, 4) is 0 Å². The summed E-state index contributed by atoms with van der Waals surface area (Å²) in [4.78, 5) is 34.6. The number of aromatic nitrogens is 2. The maximum Gasteiger partial charge on any atom is 0.274 e. The molecule has 124 valence electrons. The Kier molecular flexibility index (Phi) is 4.64. The van der Waals surface area contributed by atoms with Crippen LogP contribution in [0.2, 0.25) is 0 Å². The monoisotopic (exact) mass is 329 g/mol. The molecule has 0 unspecified atom stereocenters. The van der Waals surface area contributed by atoms with Crippen LogP contribution in [-0.4, -0.2) is 58.3 Å². The van der Waals surface area contributed by atoms with Crippen LogP contribution < -0.4 is 5.32 Å². The van der Waals surface area contributed by atoms with E-state index in [1.807, 2.05) is 0 Å². The predicted octanol–water partition coefficient (Wildman–Crippen LogP) is 1.27. The lowest BCUT2D eigenvalue weighted by atomic mass is 10.3. The molecule has 3 rings (SSSR count). The van der Waals surface area contributed by atoms with E-state index in [1.54, 1.807) is 21.9 Å². The fraction of sp³-hybridized carbons (Fsp3) is 0.250. The number of carbonyl (C=O) groups excluding carboxylic acids is 2. The van der Waals surface area contributed by atoms with Gasteiger partial charge in [0.15, 0.2) is 0 Å². The van der Waals surface area contributed by atoms with Gasteiger partial charge in [-0.2, -0.15) is 0 Å². The number of hydrogen-bond acceptors (Lipinski definition) is 5. The van der Waals surface area contributed by atoms with Crippen molar-refractivity contribution >= 4 is 23.8 Å². The summed E-state index contributed by atoms with van der Waals surface area (Å²) in [5, 5.41) is 2.98. The average Bonchev–Trinajstić information content (AvgIpc) is 2.64. The van der Waals surface area contributed by atoms with E-state index in [1.165, 1.54) is 24.5 Å². The minimum absolute atomic E-state index is 0.207. The number of rotatable bonds is 4. The van der Waals surface area contributed by atoms with Crippen LogP contribution in [0.1, 0.15) is 10.5 Å². The molecule has 0 radical (unpaired) electrons. The van der Waals surface area contributed by atoms with Gasteiger partial charge in [0.05, 0.1) is 12.4 Å². The lowest BCUT2D eigenvalue weighted by Crippen LogP contribution is -2.48. The molecule has 0 spiro atoms. The van der Waals surface area contributed by atoms with Crippen LogP contribution in [0.3, 0.4) is 0 Å². The highest BCUT2D eigenvalue weighted by atomic mass is 19.1. The van der Waals surface area contributed by atoms with Gasteiger partial charge < -0.3 is 15.1 Å². The maximum absolute atomic E-state index is 12.9. The van der Waals surface area contributed by atoms with Crippen molar-refractivity contribution in [2.24, 2.45) is 0 Å². The Labute approximate surface area is 138 Å². The Hall–Kier alpha value is -3.03. The first-order chi connectivity index (χ1) is 11.7. The number of carbonyl (C=O) groups is 2. The molecule has 1 saturated heterocycles. The molecule has 2 heterocycles. The van der Waals surface area contributed by atoms with Crippen LogP contribution in [0.4, 0.5) is 15.9 Å². The largest absolute Gasteiger partial charge is 0.342 e. The molecule has 1 aliphatic heterocycles. The topological polar surface area (TPSA) is 78.4 Å². The molecule has 0 aliphatic carbocycles. The third-order valence-corrected chi connectivity index (χ3v) is 3.74. The Morgan fingerprint density at radius 3 is 2.38 bits per heavy atom. The summed E-state index contributed by atoms with van der Waals surface area (Å²) in [5.41, 5.74) is 0.925. The minimum atomic E-state index is -0.317. The summed E-state index contributed by atoms with van der Waals surface area (Å²) < 4.78 is 12.9. The van der Waals surface area contributed by atoms with Gasteiger partial charge in [-0.1, -0.05) is 0 Å². The maximum atomic E-state index is 12.9. The summed E-state index contributed by atoms with van der Waals surface area (Å²) in [6.45, 7) is 2.00. The summed E-state index contributed by atoms with van der Waals surface area (Å²) >= 11 is 0.